The molecular weight excluding hydrogens is 564 g/mol. The highest BCUT2D eigenvalue weighted by Gasteiger charge is 2.38. The smallest absolute Gasteiger partial charge is 0.258 e. The fourth-order valence-corrected chi connectivity index (χ4v) is 5.92. The van der Waals surface area contributed by atoms with Crippen molar-refractivity contribution < 1.29 is 22.8 Å². The molecule has 4 aromatic carbocycles. The summed E-state index contributed by atoms with van der Waals surface area (Å²) in [6.45, 7) is 3.80. The lowest BCUT2D eigenvalue weighted by Gasteiger charge is -2.27. The Morgan fingerprint density at radius 3 is 2.26 bits per heavy atom. The van der Waals surface area contributed by atoms with Crippen molar-refractivity contribution in [1.29, 1.82) is 0 Å². The molecule has 1 heterocycles. The molecule has 2 atom stereocenters. The number of nitrogens with one attached hydrogen (secondary N) is 2. The zero-order valence-corrected chi connectivity index (χ0v) is 25.3. The molecule has 2 N–H and O–H groups in total. The number of aryl methyl sites for hydroxylation is 1. The number of benzene rings is 4. The standard InChI is InChI=1S/C33H34N4O5S/c1-21-13-14-23-9-5-6-10-26(23)27(21)19-36-29-11-7-8-12-30(29)37(20-28(33(36)40)35-31(38)22(2)34-3)32(39)24-15-17-25(18-16-24)43(4,41)42/h5-18,22,28,34H,19-20H2,1-4H3,(H,35,38)/t22-,28-/m0/s1. The van der Waals surface area contributed by atoms with E-state index in [0.29, 0.717) is 11.4 Å². The van der Waals surface area contributed by atoms with Gasteiger partial charge in [0.2, 0.25) is 5.91 Å². The van der Waals surface area contributed by atoms with Gasteiger partial charge >= 0.3 is 0 Å². The highest BCUT2D eigenvalue weighted by Crippen LogP contribution is 2.36. The van der Waals surface area contributed by atoms with Gasteiger partial charge in [-0.1, -0.05) is 48.5 Å². The van der Waals surface area contributed by atoms with Crippen LogP contribution in [0.2, 0.25) is 0 Å². The Labute approximate surface area is 251 Å². The maximum atomic E-state index is 14.4. The van der Waals surface area contributed by atoms with Gasteiger partial charge in [0.1, 0.15) is 6.04 Å². The first kappa shape index (κ1) is 29.9. The van der Waals surface area contributed by atoms with Crippen LogP contribution in [0.3, 0.4) is 0 Å². The number of hydrogen-bond acceptors (Lipinski definition) is 6. The van der Waals surface area contributed by atoms with E-state index in [1.807, 2.05) is 43.3 Å². The second kappa shape index (κ2) is 12.0. The van der Waals surface area contributed by atoms with Gasteiger partial charge < -0.3 is 20.4 Å². The molecule has 43 heavy (non-hydrogen) atoms. The number of nitrogens with zero attached hydrogens (tertiary/aromatic N) is 2. The molecule has 3 amide bonds. The van der Waals surface area contributed by atoms with E-state index in [-0.39, 0.29) is 35.4 Å². The number of carbonyl (C=O) groups is 3. The summed E-state index contributed by atoms with van der Waals surface area (Å²) in [5.74, 6) is -1.15. The van der Waals surface area contributed by atoms with Gasteiger partial charge in [-0.2, -0.15) is 0 Å². The molecule has 1 aliphatic rings. The van der Waals surface area contributed by atoms with Gasteiger partial charge in [-0.05, 0) is 79.2 Å². The third-order valence-electron chi connectivity index (χ3n) is 7.90. The quantitative estimate of drug-likeness (QED) is 0.334. The molecular formula is C33H34N4O5S. The van der Waals surface area contributed by atoms with Crippen molar-refractivity contribution in [2.45, 2.75) is 37.4 Å². The number of rotatable bonds is 7. The summed E-state index contributed by atoms with van der Waals surface area (Å²) < 4.78 is 24.0. The van der Waals surface area contributed by atoms with E-state index in [1.165, 1.54) is 29.2 Å². The average molecular weight is 599 g/mol. The lowest BCUT2D eigenvalue weighted by atomic mass is 9.99. The molecule has 0 saturated carbocycles. The van der Waals surface area contributed by atoms with Crippen molar-refractivity contribution in [2.24, 2.45) is 0 Å². The van der Waals surface area contributed by atoms with E-state index in [9.17, 15) is 22.8 Å². The van der Waals surface area contributed by atoms with Gasteiger partial charge in [-0.3, -0.25) is 14.4 Å². The number of carbonyl (C=O) groups excluding carboxylic acids is 3. The Morgan fingerprint density at radius 1 is 0.930 bits per heavy atom. The predicted molar refractivity (Wildman–Crippen MR) is 168 cm³/mol. The van der Waals surface area contributed by atoms with Crippen LogP contribution in [0.1, 0.15) is 28.4 Å². The van der Waals surface area contributed by atoms with Crippen LogP contribution in [-0.4, -0.2) is 58.1 Å². The van der Waals surface area contributed by atoms with Crippen molar-refractivity contribution in [3.8, 4) is 0 Å². The van der Waals surface area contributed by atoms with E-state index in [4.69, 9.17) is 0 Å². The normalized spacial score (nSPS) is 16.0. The number of amides is 3. The molecule has 222 valence electrons. The first-order valence-electron chi connectivity index (χ1n) is 14.0. The van der Waals surface area contributed by atoms with Crippen molar-refractivity contribution in [2.75, 3.05) is 29.6 Å². The minimum absolute atomic E-state index is 0.0957. The van der Waals surface area contributed by atoms with Crippen molar-refractivity contribution in [3.05, 3.63) is 102 Å². The van der Waals surface area contributed by atoms with Crippen LogP contribution in [0, 0.1) is 6.92 Å². The minimum Gasteiger partial charge on any atom is -0.341 e. The number of hydrogen-bond donors (Lipinski definition) is 2. The molecule has 0 spiro atoms. The van der Waals surface area contributed by atoms with Crippen molar-refractivity contribution >= 4 is 49.7 Å². The second-order valence-corrected chi connectivity index (χ2v) is 12.8. The van der Waals surface area contributed by atoms with Crippen LogP contribution in [0.4, 0.5) is 11.4 Å². The topological polar surface area (TPSA) is 116 Å². The Kier molecular flexibility index (Phi) is 8.34. The number of fused-ring (bicyclic) bond motifs is 2. The fourth-order valence-electron chi connectivity index (χ4n) is 5.29. The zero-order valence-electron chi connectivity index (χ0n) is 24.5. The maximum Gasteiger partial charge on any atom is 0.258 e. The predicted octanol–water partition coefficient (Wildman–Crippen LogP) is 3.84. The zero-order chi connectivity index (χ0) is 30.9. The van der Waals surface area contributed by atoms with E-state index in [1.54, 1.807) is 43.1 Å². The number of para-hydroxylation sites is 2. The van der Waals surface area contributed by atoms with Crippen molar-refractivity contribution in [1.82, 2.24) is 10.6 Å². The molecule has 1 aliphatic heterocycles. The maximum absolute atomic E-state index is 14.4. The fraction of sp³-hybridized carbons (Fsp3) is 0.242. The summed E-state index contributed by atoms with van der Waals surface area (Å²) in [5.41, 5.74) is 3.26. The summed E-state index contributed by atoms with van der Waals surface area (Å²) in [6, 6.07) is 23.3. The summed E-state index contributed by atoms with van der Waals surface area (Å²) >= 11 is 0. The van der Waals surface area contributed by atoms with Crippen LogP contribution in [-0.2, 0) is 26.0 Å². The largest absolute Gasteiger partial charge is 0.341 e. The molecule has 0 aromatic heterocycles. The van der Waals surface area contributed by atoms with Gasteiger partial charge in [0, 0.05) is 11.8 Å². The third kappa shape index (κ3) is 6.02. The van der Waals surface area contributed by atoms with Crippen LogP contribution >= 0.6 is 0 Å². The van der Waals surface area contributed by atoms with E-state index in [0.717, 1.165) is 28.2 Å². The average Bonchev–Trinajstić information content (AvgIpc) is 3.11. The summed E-state index contributed by atoms with van der Waals surface area (Å²) in [6.07, 6.45) is 1.10. The van der Waals surface area contributed by atoms with Gasteiger partial charge in [-0.15, -0.1) is 0 Å². The molecule has 9 nitrogen and oxygen atoms in total. The number of likely N-dealkylation sites (N-methyl/N-ethyl adjacent to an activating group) is 1. The Bertz CT molecular complexity index is 1820. The molecule has 0 saturated heterocycles. The van der Waals surface area contributed by atoms with E-state index >= 15 is 0 Å². The monoisotopic (exact) mass is 598 g/mol. The lowest BCUT2D eigenvalue weighted by Crippen LogP contribution is -2.55. The molecule has 0 fully saturated rings. The molecule has 0 radical (unpaired) electrons. The van der Waals surface area contributed by atoms with Crippen molar-refractivity contribution in [3.63, 3.8) is 0 Å². The Morgan fingerprint density at radius 2 is 1.58 bits per heavy atom. The SMILES string of the molecule is CN[C@@H](C)C(=O)N[C@H]1CN(C(=O)c2ccc(S(C)(=O)=O)cc2)c2ccccc2N(Cc2c(C)ccc3ccccc23)C1=O. The van der Waals surface area contributed by atoms with Gasteiger partial charge in [0.25, 0.3) is 11.8 Å². The number of sulfone groups is 1. The van der Waals surface area contributed by atoms with Gasteiger partial charge in [-0.25, -0.2) is 8.42 Å². The highest BCUT2D eigenvalue weighted by molar-refractivity contribution is 7.90. The first-order valence-corrected chi connectivity index (χ1v) is 15.9. The molecule has 0 unspecified atom stereocenters. The third-order valence-corrected chi connectivity index (χ3v) is 9.03. The van der Waals surface area contributed by atoms with Crippen LogP contribution in [0.15, 0.2) is 89.8 Å². The minimum atomic E-state index is -3.45. The van der Waals surface area contributed by atoms with Crippen LogP contribution in [0.5, 0.6) is 0 Å². The lowest BCUT2D eigenvalue weighted by molar-refractivity contribution is -0.128. The second-order valence-electron chi connectivity index (χ2n) is 10.8. The van der Waals surface area contributed by atoms with Gasteiger partial charge in [0.05, 0.1) is 35.4 Å². The first-order chi connectivity index (χ1) is 20.5. The molecule has 0 bridgehead atoms. The molecule has 4 aromatic rings. The Hall–Kier alpha value is -4.54. The summed E-state index contributed by atoms with van der Waals surface area (Å²) in [5, 5.41) is 7.81. The summed E-state index contributed by atoms with van der Waals surface area (Å²) in [4.78, 5) is 44.6. The van der Waals surface area contributed by atoms with Crippen LogP contribution in [0.25, 0.3) is 10.8 Å². The molecule has 0 aliphatic carbocycles. The summed E-state index contributed by atoms with van der Waals surface area (Å²) in [7, 11) is -1.80. The van der Waals surface area contributed by atoms with E-state index in [2.05, 4.69) is 10.6 Å². The number of anilines is 2. The highest BCUT2D eigenvalue weighted by atomic mass is 32.2. The van der Waals surface area contributed by atoms with Crippen LogP contribution < -0.4 is 20.4 Å². The molecule has 5 rings (SSSR count). The molecule has 10 heteroatoms. The van der Waals surface area contributed by atoms with E-state index < -0.39 is 27.8 Å². The van der Waals surface area contributed by atoms with Gasteiger partial charge in [0.15, 0.2) is 9.84 Å². The Balaban J connectivity index is 1.62.